The van der Waals surface area contributed by atoms with Gasteiger partial charge >= 0.3 is 17.9 Å². The van der Waals surface area contributed by atoms with Crippen molar-refractivity contribution in [2.45, 2.75) is 303 Å². The highest BCUT2D eigenvalue weighted by molar-refractivity contribution is 5.71. The van der Waals surface area contributed by atoms with E-state index in [0.717, 1.165) is 63.7 Å². The van der Waals surface area contributed by atoms with Crippen LogP contribution in [-0.4, -0.2) is 37.2 Å². The van der Waals surface area contributed by atoms with Crippen LogP contribution >= 0.6 is 0 Å². The van der Waals surface area contributed by atoms with Crippen LogP contribution in [-0.2, 0) is 28.6 Å². The Morgan fingerprint density at radius 2 is 0.559 bits per heavy atom. The average Bonchev–Trinajstić information content (AvgIpc) is 3.22. The van der Waals surface area contributed by atoms with Crippen LogP contribution in [0, 0.1) is 5.92 Å². The number of unbranched alkanes of at least 4 members (excludes halogenated alkanes) is 35. The molecule has 0 radical (unpaired) electrons. The monoisotopic (exact) mass is 835 g/mol. The third kappa shape index (κ3) is 47.3. The first kappa shape index (κ1) is 57.4. The first-order valence-electron chi connectivity index (χ1n) is 26.4. The fourth-order valence-electron chi connectivity index (χ4n) is 8.04. The maximum atomic E-state index is 12.8. The molecule has 0 amide bonds. The summed E-state index contributed by atoms with van der Waals surface area (Å²) in [5.41, 5.74) is 0. The van der Waals surface area contributed by atoms with E-state index in [1.165, 1.54) is 193 Å². The predicted octanol–water partition coefficient (Wildman–Crippen LogP) is 17.1. The molecule has 0 aromatic carbocycles. The fraction of sp³-hybridized carbons (Fsp3) is 0.943. The van der Waals surface area contributed by atoms with Crippen LogP contribution < -0.4 is 0 Å². The fourth-order valence-corrected chi connectivity index (χ4v) is 8.04. The van der Waals surface area contributed by atoms with Gasteiger partial charge in [-0.15, -0.1) is 0 Å². The Hall–Kier alpha value is -1.59. The van der Waals surface area contributed by atoms with E-state index >= 15 is 0 Å². The summed E-state index contributed by atoms with van der Waals surface area (Å²) in [5.74, 6) is -0.0295. The van der Waals surface area contributed by atoms with Crippen molar-refractivity contribution in [3.05, 3.63) is 0 Å². The van der Waals surface area contributed by atoms with Crippen LogP contribution in [0.4, 0.5) is 0 Å². The first-order chi connectivity index (χ1) is 28.9. The third-order valence-electron chi connectivity index (χ3n) is 12.0. The Morgan fingerprint density at radius 3 is 0.831 bits per heavy atom. The number of ether oxygens (including phenoxy) is 3. The van der Waals surface area contributed by atoms with E-state index in [-0.39, 0.29) is 31.1 Å². The van der Waals surface area contributed by atoms with Crippen LogP contribution in [0.2, 0.25) is 0 Å². The molecule has 6 heteroatoms. The summed E-state index contributed by atoms with van der Waals surface area (Å²) in [6.07, 6.45) is 49.5. The van der Waals surface area contributed by atoms with E-state index in [4.69, 9.17) is 14.2 Å². The lowest BCUT2D eigenvalue weighted by Crippen LogP contribution is -2.30. The van der Waals surface area contributed by atoms with Gasteiger partial charge in [0.1, 0.15) is 13.2 Å². The molecule has 0 aliphatic heterocycles. The highest BCUT2D eigenvalue weighted by atomic mass is 16.6. The lowest BCUT2D eigenvalue weighted by Gasteiger charge is -2.18. The maximum absolute atomic E-state index is 12.8. The molecule has 6 nitrogen and oxygen atoms in total. The van der Waals surface area contributed by atoms with Crippen molar-refractivity contribution in [2.75, 3.05) is 13.2 Å². The lowest BCUT2D eigenvalue weighted by atomic mass is 10.0. The van der Waals surface area contributed by atoms with Gasteiger partial charge in [-0.1, -0.05) is 259 Å². The minimum Gasteiger partial charge on any atom is -0.462 e. The highest BCUT2D eigenvalue weighted by Crippen LogP contribution is 2.17. The van der Waals surface area contributed by atoms with Crippen LogP contribution in [0.3, 0.4) is 0 Å². The zero-order chi connectivity index (χ0) is 43.1. The predicted molar refractivity (Wildman–Crippen MR) is 252 cm³/mol. The highest BCUT2D eigenvalue weighted by Gasteiger charge is 2.19. The molecule has 0 N–H and O–H groups in total. The second kappa shape index (κ2) is 47.5. The van der Waals surface area contributed by atoms with Crippen molar-refractivity contribution in [2.24, 2.45) is 5.92 Å². The van der Waals surface area contributed by atoms with Crippen LogP contribution in [0.25, 0.3) is 0 Å². The number of hydrogen-bond acceptors (Lipinski definition) is 6. The van der Waals surface area contributed by atoms with E-state index < -0.39 is 6.10 Å². The summed E-state index contributed by atoms with van der Waals surface area (Å²) in [4.78, 5) is 37.9. The van der Waals surface area contributed by atoms with Crippen LogP contribution in [0.1, 0.15) is 297 Å². The van der Waals surface area contributed by atoms with E-state index in [1.807, 2.05) is 0 Å². The van der Waals surface area contributed by atoms with Crippen molar-refractivity contribution in [1.82, 2.24) is 0 Å². The smallest absolute Gasteiger partial charge is 0.306 e. The quantitative estimate of drug-likeness (QED) is 0.0345. The molecule has 0 unspecified atom stereocenters. The molecule has 0 saturated heterocycles. The van der Waals surface area contributed by atoms with E-state index in [0.29, 0.717) is 19.3 Å². The topological polar surface area (TPSA) is 78.9 Å². The van der Waals surface area contributed by atoms with Gasteiger partial charge in [0.15, 0.2) is 6.10 Å². The van der Waals surface area contributed by atoms with Gasteiger partial charge in [-0.05, 0) is 25.2 Å². The van der Waals surface area contributed by atoms with E-state index in [2.05, 4.69) is 27.7 Å². The summed E-state index contributed by atoms with van der Waals surface area (Å²) in [6, 6.07) is 0. The maximum Gasteiger partial charge on any atom is 0.306 e. The van der Waals surface area contributed by atoms with Gasteiger partial charge in [0.25, 0.3) is 0 Å². The molecular weight excluding hydrogens is 733 g/mol. The molecule has 0 aromatic heterocycles. The molecule has 0 aromatic rings. The van der Waals surface area contributed by atoms with Gasteiger partial charge in [-0.3, -0.25) is 14.4 Å². The molecule has 0 spiro atoms. The molecular formula is C53H102O6. The summed E-state index contributed by atoms with van der Waals surface area (Å²) in [5, 5.41) is 0. The average molecular weight is 835 g/mol. The van der Waals surface area contributed by atoms with Gasteiger partial charge < -0.3 is 14.2 Å². The summed E-state index contributed by atoms with van der Waals surface area (Å²) < 4.78 is 16.8. The Bertz CT molecular complexity index is 887. The summed E-state index contributed by atoms with van der Waals surface area (Å²) >= 11 is 0. The molecule has 0 aliphatic rings. The van der Waals surface area contributed by atoms with Crippen LogP contribution in [0.15, 0.2) is 0 Å². The molecule has 0 aliphatic carbocycles. The summed E-state index contributed by atoms with van der Waals surface area (Å²) in [6.45, 7) is 9.01. The Morgan fingerprint density at radius 1 is 0.322 bits per heavy atom. The van der Waals surface area contributed by atoms with Crippen molar-refractivity contribution in [1.29, 1.82) is 0 Å². The second-order valence-corrected chi connectivity index (χ2v) is 18.6. The van der Waals surface area contributed by atoms with Gasteiger partial charge in [-0.2, -0.15) is 0 Å². The zero-order valence-electron chi connectivity index (χ0n) is 40.2. The number of carbonyl (C=O) groups is 3. The zero-order valence-corrected chi connectivity index (χ0v) is 40.2. The van der Waals surface area contributed by atoms with Crippen molar-refractivity contribution < 1.29 is 28.6 Å². The Labute approximate surface area is 368 Å². The van der Waals surface area contributed by atoms with Crippen molar-refractivity contribution in [3.63, 3.8) is 0 Å². The molecule has 0 fully saturated rings. The first-order valence-corrected chi connectivity index (χ1v) is 26.4. The van der Waals surface area contributed by atoms with Crippen molar-refractivity contribution >= 4 is 17.9 Å². The largest absolute Gasteiger partial charge is 0.462 e. The van der Waals surface area contributed by atoms with E-state index in [9.17, 15) is 14.4 Å². The molecule has 1 atom stereocenters. The van der Waals surface area contributed by atoms with Crippen LogP contribution in [0.5, 0.6) is 0 Å². The molecule has 0 rings (SSSR count). The number of rotatable bonds is 48. The second-order valence-electron chi connectivity index (χ2n) is 18.6. The Balaban J connectivity index is 4.25. The standard InChI is InChI=1S/C53H102O6/c1-5-7-9-11-13-15-17-18-19-20-21-22-23-24-29-33-37-41-45-52(55)58-48-50(47-57-51(54)44-40-36-32-28-16-14-12-10-8-6-2)59-53(56)46-42-38-34-30-26-25-27-31-35-39-43-49(3)4/h49-50H,5-48H2,1-4H3/t50-/m0/s1. The molecule has 350 valence electrons. The minimum absolute atomic E-state index is 0.0629. The molecule has 0 heterocycles. The lowest BCUT2D eigenvalue weighted by molar-refractivity contribution is -0.167. The normalized spacial score (nSPS) is 11.9. The Kier molecular flexibility index (Phi) is 46.2. The van der Waals surface area contributed by atoms with Gasteiger partial charge in [0, 0.05) is 19.3 Å². The van der Waals surface area contributed by atoms with Gasteiger partial charge in [0.05, 0.1) is 0 Å². The molecule has 0 saturated carbocycles. The minimum atomic E-state index is -0.760. The number of carbonyl (C=O) groups excluding carboxylic acids is 3. The third-order valence-corrected chi connectivity index (χ3v) is 12.0. The van der Waals surface area contributed by atoms with Crippen molar-refractivity contribution in [3.8, 4) is 0 Å². The van der Waals surface area contributed by atoms with Gasteiger partial charge in [0.2, 0.25) is 0 Å². The SMILES string of the molecule is CCCCCCCCCCCCCCCCCCCCC(=O)OC[C@H](COC(=O)CCCCCCCCCCCC)OC(=O)CCCCCCCCCCCCC(C)C. The number of hydrogen-bond donors (Lipinski definition) is 0. The van der Waals surface area contributed by atoms with E-state index in [1.54, 1.807) is 0 Å². The molecule has 0 bridgehead atoms. The number of esters is 3. The molecule has 59 heavy (non-hydrogen) atoms. The van der Waals surface area contributed by atoms with Gasteiger partial charge in [-0.25, -0.2) is 0 Å². The summed E-state index contributed by atoms with van der Waals surface area (Å²) in [7, 11) is 0.